The number of carbonyl (C=O) groups is 1. The van der Waals surface area contributed by atoms with Crippen molar-refractivity contribution in [2.75, 3.05) is 6.54 Å². The van der Waals surface area contributed by atoms with Crippen LogP contribution in [0.25, 0.3) is 0 Å². The molecule has 2 amide bonds. The van der Waals surface area contributed by atoms with Gasteiger partial charge >= 0.3 is 6.03 Å². The van der Waals surface area contributed by atoms with Crippen LogP contribution >= 0.6 is 0 Å². The summed E-state index contributed by atoms with van der Waals surface area (Å²) in [5.74, 6) is 2.28. The van der Waals surface area contributed by atoms with Crippen LogP contribution in [0.5, 0.6) is 0 Å². The maximum absolute atomic E-state index is 11.4. The summed E-state index contributed by atoms with van der Waals surface area (Å²) in [6.07, 6.45) is 5.01. The minimum atomic E-state index is -3.70. The fraction of sp³-hybridized carbons (Fsp3) is 0.250. The van der Waals surface area contributed by atoms with Crippen molar-refractivity contribution in [3.63, 3.8) is 0 Å². The van der Waals surface area contributed by atoms with Crippen molar-refractivity contribution < 1.29 is 13.2 Å². The van der Waals surface area contributed by atoms with Gasteiger partial charge in [0.25, 0.3) is 0 Å². The lowest BCUT2D eigenvalue weighted by Gasteiger charge is -2.14. The molecule has 0 unspecified atom stereocenters. The first-order valence-corrected chi connectivity index (χ1v) is 7.00. The molecule has 0 spiro atoms. The first-order chi connectivity index (χ1) is 8.84. The lowest BCUT2D eigenvalue weighted by Crippen LogP contribution is -2.37. The summed E-state index contributed by atoms with van der Waals surface area (Å²) >= 11 is 0. The van der Waals surface area contributed by atoms with Crippen molar-refractivity contribution >= 4 is 16.1 Å². The van der Waals surface area contributed by atoms with E-state index in [1.54, 1.807) is 19.1 Å². The van der Waals surface area contributed by atoms with Gasteiger partial charge in [-0.1, -0.05) is 18.1 Å². The monoisotopic (exact) mass is 281 g/mol. The Kier molecular flexibility index (Phi) is 4.92. The van der Waals surface area contributed by atoms with E-state index >= 15 is 0 Å². The quantitative estimate of drug-likeness (QED) is 0.693. The van der Waals surface area contributed by atoms with Crippen molar-refractivity contribution in [1.82, 2.24) is 10.6 Å². The molecule has 0 bridgehead atoms. The SMILES string of the molecule is C#CCNC(=O)N[C@@H](C)c1ccc(S(N)(=O)=O)cc1. The van der Waals surface area contributed by atoms with Crippen molar-refractivity contribution in [3.05, 3.63) is 29.8 Å². The number of rotatable bonds is 4. The minimum absolute atomic E-state index is 0.0280. The van der Waals surface area contributed by atoms with Crippen LogP contribution in [0.2, 0.25) is 0 Å². The zero-order chi connectivity index (χ0) is 14.5. The van der Waals surface area contributed by atoms with Crippen LogP contribution < -0.4 is 15.8 Å². The Morgan fingerprint density at radius 2 is 2.00 bits per heavy atom. The average Bonchev–Trinajstić information content (AvgIpc) is 2.35. The van der Waals surface area contributed by atoms with Gasteiger partial charge in [-0.3, -0.25) is 0 Å². The highest BCUT2D eigenvalue weighted by Crippen LogP contribution is 2.15. The van der Waals surface area contributed by atoms with Crippen molar-refractivity contribution in [2.45, 2.75) is 17.9 Å². The van der Waals surface area contributed by atoms with E-state index in [0.717, 1.165) is 5.56 Å². The maximum Gasteiger partial charge on any atom is 0.316 e. The number of terminal acetylenes is 1. The summed E-state index contributed by atoms with van der Waals surface area (Å²) in [6, 6.07) is 5.29. The number of nitrogens with one attached hydrogen (secondary N) is 2. The number of hydrogen-bond acceptors (Lipinski definition) is 3. The predicted molar refractivity (Wildman–Crippen MR) is 71.6 cm³/mol. The second-order valence-electron chi connectivity index (χ2n) is 3.87. The molecule has 0 aromatic heterocycles. The summed E-state index contributed by atoms with van der Waals surface area (Å²) in [7, 11) is -3.70. The van der Waals surface area contributed by atoms with E-state index in [1.807, 2.05) is 0 Å². The fourth-order valence-electron chi connectivity index (χ4n) is 1.41. The summed E-state index contributed by atoms with van der Waals surface area (Å²) in [4.78, 5) is 11.4. The van der Waals surface area contributed by atoms with Crippen LogP contribution in [0.3, 0.4) is 0 Å². The molecule has 6 nitrogen and oxygen atoms in total. The summed E-state index contributed by atoms with van der Waals surface area (Å²) in [5.41, 5.74) is 0.753. The third kappa shape index (κ3) is 4.62. The third-order valence-corrected chi connectivity index (χ3v) is 3.34. The number of hydrogen-bond donors (Lipinski definition) is 3. The molecule has 0 saturated heterocycles. The Balaban J connectivity index is 2.71. The molecule has 0 heterocycles. The molecule has 19 heavy (non-hydrogen) atoms. The summed E-state index contributed by atoms with van der Waals surface area (Å²) in [6.45, 7) is 1.91. The lowest BCUT2D eigenvalue weighted by atomic mass is 10.1. The summed E-state index contributed by atoms with van der Waals surface area (Å²) < 4.78 is 22.2. The molecule has 7 heteroatoms. The lowest BCUT2D eigenvalue weighted by molar-refractivity contribution is 0.239. The number of nitrogens with two attached hydrogens (primary N) is 1. The molecule has 0 aliphatic heterocycles. The fourth-order valence-corrected chi connectivity index (χ4v) is 1.92. The standard InChI is InChI=1S/C12H15N3O3S/c1-3-8-14-12(16)15-9(2)10-4-6-11(7-5-10)19(13,17)18/h1,4-7,9H,8H2,2H3,(H2,13,17,18)(H2,14,15,16)/t9-/m0/s1. The Morgan fingerprint density at radius 3 is 2.47 bits per heavy atom. The van der Waals surface area contributed by atoms with Gasteiger partial charge in [-0.25, -0.2) is 18.4 Å². The Morgan fingerprint density at radius 1 is 1.42 bits per heavy atom. The largest absolute Gasteiger partial charge is 0.332 e. The Labute approximate surface area is 112 Å². The maximum atomic E-state index is 11.4. The van der Waals surface area contributed by atoms with Gasteiger partial charge < -0.3 is 10.6 Å². The van der Waals surface area contributed by atoms with Crippen LogP contribution in [0.1, 0.15) is 18.5 Å². The molecular formula is C12H15N3O3S. The van der Waals surface area contributed by atoms with Crippen molar-refractivity contribution in [3.8, 4) is 12.3 Å². The summed E-state index contributed by atoms with van der Waals surface area (Å²) in [5, 5.41) is 10.1. The van der Waals surface area contributed by atoms with E-state index in [0.29, 0.717) is 0 Å². The molecule has 0 fully saturated rings. The van der Waals surface area contributed by atoms with E-state index in [4.69, 9.17) is 11.6 Å². The van der Waals surface area contributed by atoms with Crippen LogP contribution in [-0.2, 0) is 10.0 Å². The Hall–Kier alpha value is -2.04. The number of benzene rings is 1. The molecule has 1 aromatic rings. The van der Waals surface area contributed by atoms with Crippen LogP contribution in [0.15, 0.2) is 29.2 Å². The van der Waals surface area contributed by atoms with Gasteiger partial charge in [0, 0.05) is 0 Å². The minimum Gasteiger partial charge on any atom is -0.332 e. The van der Waals surface area contributed by atoms with E-state index in [2.05, 4.69) is 16.6 Å². The molecule has 4 N–H and O–H groups in total. The van der Waals surface area contributed by atoms with Gasteiger partial charge in [0.1, 0.15) is 0 Å². The zero-order valence-electron chi connectivity index (χ0n) is 10.4. The number of amides is 2. The Bertz CT molecular complexity index is 588. The molecule has 0 aliphatic rings. The number of carbonyl (C=O) groups excluding carboxylic acids is 1. The molecule has 102 valence electrons. The van der Waals surface area contributed by atoms with Crippen molar-refractivity contribution in [1.29, 1.82) is 0 Å². The smallest absolute Gasteiger partial charge is 0.316 e. The normalized spacial score (nSPS) is 12.3. The van der Waals surface area contributed by atoms with Gasteiger partial charge in [0.2, 0.25) is 10.0 Å². The van der Waals surface area contributed by atoms with E-state index < -0.39 is 10.0 Å². The van der Waals surface area contributed by atoms with E-state index in [9.17, 15) is 13.2 Å². The molecule has 1 rings (SSSR count). The topological polar surface area (TPSA) is 101 Å². The van der Waals surface area contributed by atoms with Gasteiger partial charge in [0.05, 0.1) is 17.5 Å². The number of primary sulfonamides is 1. The van der Waals surface area contributed by atoms with Crippen LogP contribution in [-0.4, -0.2) is 21.0 Å². The molecule has 0 saturated carbocycles. The van der Waals surface area contributed by atoms with Crippen LogP contribution in [0, 0.1) is 12.3 Å². The van der Waals surface area contributed by atoms with Crippen molar-refractivity contribution in [2.24, 2.45) is 5.14 Å². The first kappa shape index (κ1) is 15.0. The predicted octanol–water partition coefficient (Wildman–Crippen LogP) is 0.327. The van der Waals surface area contributed by atoms with E-state index in [-0.39, 0.29) is 23.5 Å². The van der Waals surface area contributed by atoms with E-state index in [1.165, 1.54) is 12.1 Å². The molecule has 0 aliphatic carbocycles. The van der Waals surface area contributed by atoms with Crippen LogP contribution in [0.4, 0.5) is 4.79 Å². The number of sulfonamides is 1. The highest BCUT2D eigenvalue weighted by atomic mass is 32.2. The average molecular weight is 281 g/mol. The second kappa shape index (κ2) is 6.22. The molecule has 1 aromatic carbocycles. The first-order valence-electron chi connectivity index (χ1n) is 5.45. The van der Waals surface area contributed by atoms with Gasteiger partial charge in [-0.05, 0) is 24.6 Å². The molecular weight excluding hydrogens is 266 g/mol. The van der Waals surface area contributed by atoms with Gasteiger partial charge in [-0.2, -0.15) is 0 Å². The molecule has 1 atom stereocenters. The molecule has 0 radical (unpaired) electrons. The van der Waals surface area contributed by atoms with Gasteiger partial charge in [0.15, 0.2) is 0 Å². The van der Waals surface area contributed by atoms with Gasteiger partial charge in [-0.15, -0.1) is 6.42 Å². The second-order valence-corrected chi connectivity index (χ2v) is 5.43. The third-order valence-electron chi connectivity index (χ3n) is 2.41. The highest BCUT2D eigenvalue weighted by molar-refractivity contribution is 7.89. The number of urea groups is 1. The zero-order valence-corrected chi connectivity index (χ0v) is 11.2. The highest BCUT2D eigenvalue weighted by Gasteiger charge is 2.11.